The van der Waals surface area contributed by atoms with Crippen molar-refractivity contribution in [2.24, 2.45) is 0 Å². The van der Waals surface area contributed by atoms with E-state index in [0.717, 1.165) is 42.1 Å². The summed E-state index contributed by atoms with van der Waals surface area (Å²) in [6.07, 6.45) is 1.58. The fraction of sp³-hybridized carbons (Fsp3) is 0.231. The van der Waals surface area contributed by atoms with E-state index in [9.17, 15) is 9.59 Å². The number of amides is 3. The molecular weight excluding hydrogens is 448 g/mol. The zero-order chi connectivity index (χ0) is 24.8. The predicted molar refractivity (Wildman–Crippen MR) is 141 cm³/mol. The Morgan fingerprint density at radius 1 is 1.03 bits per heavy atom. The lowest BCUT2D eigenvalue weighted by atomic mass is 10.1. The molecule has 180 valence electrons. The largest absolute Gasteiger partial charge is 0.497 e. The van der Waals surface area contributed by atoms with Gasteiger partial charge in [-0.15, -0.1) is 0 Å². The summed E-state index contributed by atoms with van der Waals surface area (Å²) in [4.78, 5) is 23.7. The van der Waals surface area contributed by atoms with E-state index in [1.807, 2.05) is 80.6 Å². The third-order valence-corrected chi connectivity index (χ3v) is 5.39. The molecule has 0 spiro atoms. The summed E-state index contributed by atoms with van der Waals surface area (Å²) in [5.74, 6) is 0.790. The van der Waals surface area contributed by atoms with Crippen LogP contribution in [0, 0.1) is 6.92 Å². The minimum atomic E-state index is -0.201. The number of nitrogens with zero attached hydrogens (tertiary/aromatic N) is 1. The van der Waals surface area contributed by atoms with E-state index in [1.54, 1.807) is 14.2 Å². The van der Waals surface area contributed by atoms with Crippen LogP contribution in [0.4, 0.5) is 16.2 Å². The fourth-order valence-corrected chi connectivity index (χ4v) is 3.36. The molecule has 3 N–H and O–H groups in total. The molecule has 34 heavy (non-hydrogen) atoms. The van der Waals surface area contributed by atoms with Crippen molar-refractivity contribution in [1.29, 1.82) is 0 Å². The van der Waals surface area contributed by atoms with Crippen molar-refractivity contribution in [3.05, 3.63) is 90.0 Å². The second kappa shape index (κ2) is 14.5. The van der Waals surface area contributed by atoms with Crippen molar-refractivity contribution < 1.29 is 14.3 Å². The topological polar surface area (TPSA) is 82.7 Å². The predicted octanol–water partition coefficient (Wildman–Crippen LogP) is 5.19. The highest BCUT2D eigenvalue weighted by molar-refractivity contribution is 7.99. The highest BCUT2D eigenvalue weighted by Gasteiger charge is 2.07. The molecule has 7 nitrogen and oxygen atoms in total. The highest BCUT2D eigenvalue weighted by atomic mass is 32.2. The molecule has 3 rings (SSSR count). The van der Waals surface area contributed by atoms with Gasteiger partial charge in [-0.1, -0.05) is 48.0 Å². The van der Waals surface area contributed by atoms with Crippen LogP contribution in [-0.4, -0.2) is 32.6 Å². The molecule has 3 amide bonds. The molecule has 0 heterocycles. The molecule has 0 aliphatic heterocycles. The molecule has 0 fully saturated rings. The van der Waals surface area contributed by atoms with Gasteiger partial charge >= 0.3 is 6.03 Å². The van der Waals surface area contributed by atoms with E-state index >= 15 is 0 Å². The molecule has 0 bridgehead atoms. The maximum atomic E-state index is 11.8. The maximum absolute atomic E-state index is 11.8. The van der Waals surface area contributed by atoms with Gasteiger partial charge in [-0.3, -0.25) is 9.52 Å². The number of carbonyl (C=O) groups is 2. The maximum Gasteiger partial charge on any atom is 0.326 e. The second-order valence-corrected chi connectivity index (χ2v) is 8.26. The Morgan fingerprint density at radius 3 is 2.26 bits per heavy atom. The number of hydrogen-bond donors (Lipinski definition) is 3. The van der Waals surface area contributed by atoms with Crippen LogP contribution in [0.2, 0.25) is 0 Å². The Labute approximate surface area is 206 Å². The Kier molecular flexibility index (Phi) is 11.3. The third kappa shape index (κ3) is 9.87. The normalized spacial score (nSPS) is 10.7. The number of carbonyl (C=O) groups excluding carboxylic acids is 2. The first-order valence-corrected chi connectivity index (χ1v) is 11.6. The van der Waals surface area contributed by atoms with Gasteiger partial charge in [0, 0.05) is 24.5 Å². The molecule has 3 aromatic carbocycles. The quantitative estimate of drug-likeness (QED) is 0.290. The van der Waals surface area contributed by atoms with Crippen molar-refractivity contribution in [2.45, 2.75) is 26.3 Å². The molecule has 0 aliphatic carbocycles. The molecule has 0 saturated heterocycles. The number of methoxy groups -OCH3 is 1. The first-order valence-electron chi connectivity index (χ1n) is 10.8. The van der Waals surface area contributed by atoms with E-state index in [4.69, 9.17) is 4.74 Å². The Morgan fingerprint density at radius 2 is 1.68 bits per heavy atom. The SMILES string of the molecule is COc1ccc(N(C)C=O)cc1.Cc1ccc(NSNC(=O)NC(C)Cc2ccccc2)cc1. The molecule has 0 aromatic heterocycles. The van der Waals surface area contributed by atoms with E-state index in [2.05, 4.69) is 26.9 Å². The van der Waals surface area contributed by atoms with Gasteiger partial charge in [0.25, 0.3) is 0 Å². The van der Waals surface area contributed by atoms with E-state index in [0.29, 0.717) is 0 Å². The molecule has 8 heteroatoms. The lowest BCUT2D eigenvalue weighted by Crippen LogP contribution is -2.39. The number of rotatable bonds is 9. The number of benzene rings is 3. The van der Waals surface area contributed by atoms with Crippen LogP contribution in [0.5, 0.6) is 5.75 Å². The van der Waals surface area contributed by atoms with Gasteiger partial charge in [-0.25, -0.2) is 4.79 Å². The monoisotopic (exact) mass is 480 g/mol. The van der Waals surface area contributed by atoms with Gasteiger partial charge in [0.2, 0.25) is 6.41 Å². The highest BCUT2D eigenvalue weighted by Crippen LogP contribution is 2.16. The number of ether oxygens (including phenoxy) is 1. The smallest absolute Gasteiger partial charge is 0.326 e. The van der Waals surface area contributed by atoms with Crippen LogP contribution < -0.4 is 24.4 Å². The lowest BCUT2D eigenvalue weighted by Gasteiger charge is -2.14. The zero-order valence-electron chi connectivity index (χ0n) is 19.9. The molecule has 0 radical (unpaired) electrons. The minimum absolute atomic E-state index is 0.0716. The summed E-state index contributed by atoms with van der Waals surface area (Å²) in [5, 5.41) is 2.91. The van der Waals surface area contributed by atoms with Gasteiger partial charge in [0.05, 0.1) is 19.2 Å². The Balaban J connectivity index is 0.000000287. The summed E-state index contributed by atoms with van der Waals surface area (Å²) >= 11 is 1.16. The van der Waals surface area contributed by atoms with E-state index in [1.165, 1.54) is 16.0 Å². The summed E-state index contributed by atoms with van der Waals surface area (Å²) in [5.41, 5.74) is 4.22. The number of urea groups is 1. The van der Waals surface area contributed by atoms with E-state index in [-0.39, 0.29) is 12.1 Å². The van der Waals surface area contributed by atoms with Gasteiger partial charge in [-0.2, -0.15) is 0 Å². The summed E-state index contributed by atoms with van der Waals surface area (Å²) in [7, 11) is 3.31. The molecular formula is C26H32N4O3S. The van der Waals surface area contributed by atoms with Gasteiger partial charge < -0.3 is 19.7 Å². The van der Waals surface area contributed by atoms with Crippen LogP contribution in [0.1, 0.15) is 18.1 Å². The van der Waals surface area contributed by atoms with Gasteiger partial charge in [-0.05, 0) is 62.2 Å². The third-order valence-electron chi connectivity index (χ3n) is 4.76. The Bertz CT molecular complexity index is 999. The minimum Gasteiger partial charge on any atom is -0.497 e. The van der Waals surface area contributed by atoms with Crippen molar-refractivity contribution in [1.82, 2.24) is 10.0 Å². The van der Waals surface area contributed by atoms with Crippen LogP contribution in [-0.2, 0) is 11.2 Å². The molecule has 3 aromatic rings. The van der Waals surface area contributed by atoms with Crippen LogP contribution in [0.25, 0.3) is 0 Å². The molecule has 0 aliphatic rings. The number of nitrogens with one attached hydrogen (secondary N) is 3. The van der Waals surface area contributed by atoms with Crippen LogP contribution >= 0.6 is 12.1 Å². The Hall–Kier alpha value is -3.65. The average molecular weight is 481 g/mol. The molecule has 1 unspecified atom stereocenters. The summed E-state index contributed by atoms with van der Waals surface area (Å²) < 4.78 is 10.8. The first kappa shape index (κ1) is 26.6. The lowest BCUT2D eigenvalue weighted by molar-refractivity contribution is -0.107. The average Bonchev–Trinajstić information content (AvgIpc) is 2.85. The summed E-state index contributed by atoms with van der Waals surface area (Å²) in [6, 6.07) is 25.2. The van der Waals surface area contributed by atoms with Gasteiger partial charge in [0.15, 0.2) is 0 Å². The second-order valence-electron chi connectivity index (χ2n) is 7.65. The number of hydrogen-bond acceptors (Lipinski definition) is 5. The number of anilines is 2. The van der Waals surface area contributed by atoms with Crippen LogP contribution in [0.3, 0.4) is 0 Å². The van der Waals surface area contributed by atoms with Crippen molar-refractivity contribution in [3.8, 4) is 5.75 Å². The fourth-order valence-electron chi connectivity index (χ4n) is 2.90. The van der Waals surface area contributed by atoms with Crippen LogP contribution in [0.15, 0.2) is 78.9 Å². The number of aryl methyl sites for hydroxylation is 1. The molecule has 0 saturated carbocycles. The van der Waals surface area contributed by atoms with E-state index < -0.39 is 0 Å². The van der Waals surface area contributed by atoms with Gasteiger partial charge in [0.1, 0.15) is 5.75 Å². The zero-order valence-corrected chi connectivity index (χ0v) is 20.8. The van der Waals surface area contributed by atoms with Crippen molar-refractivity contribution in [3.63, 3.8) is 0 Å². The first-order chi connectivity index (χ1) is 16.4. The molecule has 1 atom stereocenters. The standard InChI is InChI=1S/C17H21N3OS.C9H11NO2/c1-13-8-10-16(11-9-13)19-22-20-17(21)18-14(2)12-15-6-4-3-5-7-15;1-10(7-11)8-3-5-9(12-2)6-4-8/h3-11,14,19H,12H2,1-2H3,(H2,18,20,21);3-7H,1-2H3. The van der Waals surface area contributed by atoms with Crippen molar-refractivity contribution >= 4 is 35.9 Å². The summed E-state index contributed by atoms with van der Waals surface area (Å²) in [6.45, 7) is 4.03. The van der Waals surface area contributed by atoms with Crippen molar-refractivity contribution in [2.75, 3.05) is 23.8 Å².